The highest BCUT2D eigenvalue weighted by atomic mass is 16.2. The molecule has 7 nitrogen and oxygen atoms in total. The molecule has 0 aromatic heterocycles. The van der Waals surface area contributed by atoms with Crippen LogP contribution in [0, 0.1) is 17.2 Å². The fourth-order valence-corrected chi connectivity index (χ4v) is 3.40. The molecule has 2 rings (SSSR count). The maximum atomic E-state index is 12.8. The largest absolute Gasteiger partial charge is 0.340 e. The van der Waals surface area contributed by atoms with Gasteiger partial charge in [-0.25, -0.2) is 4.79 Å². The summed E-state index contributed by atoms with van der Waals surface area (Å²) in [5.74, 6) is -0.552. The lowest BCUT2D eigenvalue weighted by atomic mass is 9.73. The van der Waals surface area contributed by atoms with Crippen molar-refractivity contribution in [1.82, 2.24) is 15.1 Å². The molecule has 0 aromatic carbocycles. The standard InChI is InChI=1S/C16H24N4O3/c1-11-6-4-5-8-16(11)14(22)20(15(23)18-16)10-13(21)19(3)12(2)7-9-17/h11-12H,4-8,10H2,1-3H3,(H,18,23)/t11-,12-,16+/m1/s1. The Morgan fingerprint density at radius 1 is 1.52 bits per heavy atom. The quantitative estimate of drug-likeness (QED) is 0.789. The smallest absolute Gasteiger partial charge is 0.325 e. The third kappa shape index (κ3) is 3.03. The number of imide groups is 1. The van der Waals surface area contributed by atoms with Crippen molar-refractivity contribution >= 4 is 17.8 Å². The van der Waals surface area contributed by atoms with Gasteiger partial charge in [0.2, 0.25) is 5.91 Å². The topological polar surface area (TPSA) is 93.5 Å². The van der Waals surface area contributed by atoms with E-state index in [1.807, 2.05) is 13.0 Å². The van der Waals surface area contributed by atoms with Gasteiger partial charge in [-0.05, 0) is 25.7 Å². The molecule has 1 saturated carbocycles. The van der Waals surface area contributed by atoms with Crippen LogP contribution >= 0.6 is 0 Å². The summed E-state index contributed by atoms with van der Waals surface area (Å²) in [6.45, 7) is 3.47. The zero-order valence-electron chi connectivity index (χ0n) is 14.0. The number of carbonyl (C=O) groups excluding carboxylic acids is 3. The molecule has 0 aromatic rings. The van der Waals surface area contributed by atoms with Gasteiger partial charge in [-0.1, -0.05) is 19.8 Å². The highest BCUT2D eigenvalue weighted by molar-refractivity contribution is 6.09. The SMILES string of the molecule is C[C@H](CC#N)N(C)C(=O)CN1C(=O)N[C@]2(CCCC[C@H]2C)C1=O. The van der Waals surface area contributed by atoms with Crippen LogP contribution in [0.1, 0.15) is 46.0 Å². The summed E-state index contributed by atoms with van der Waals surface area (Å²) >= 11 is 0. The van der Waals surface area contributed by atoms with E-state index >= 15 is 0 Å². The van der Waals surface area contributed by atoms with Crippen molar-refractivity contribution in [2.75, 3.05) is 13.6 Å². The minimum absolute atomic E-state index is 0.0723. The van der Waals surface area contributed by atoms with Crippen LogP contribution in [0.5, 0.6) is 0 Å². The summed E-state index contributed by atoms with van der Waals surface area (Å²) in [4.78, 5) is 39.7. The van der Waals surface area contributed by atoms with E-state index in [9.17, 15) is 14.4 Å². The first-order valence-corrected chi connectivity index (χ1v) is 8.10. The molecule has 1 heterocycles. The Bertz CT molecular complexity index is 556. The summed E-state index contributed by atoms with van der Waals surface area (Å²) in [5.41, 5.74) is -0.841. The van der Waals surface area contributed by atoms with Gasteiger partial charge >= 0.3 is 6.03 Å². The van der Waals surface area contributed by atoms with Crippen molar-refractivity contribution in [2.24, 2.45) is 5.92 Å². The van der Waals surface area contributed by atoms with Crippen molar-refractivity contribution in [1.29, 1.82) is 5.26 Å². The second kappa shape index (κ2) is 6.57. The van der Waals surface area contributed by atoms with Crippen LogP contribution in [-0.2, 0) is 9.59 Å². The summed E-state index contributed by atoms with van der Waals surface area (Å²) in [7, 11) is 1.59. The minimum Gasteiger partial charge on any atom is -0.340 e. The van der Waals surface area contributed by atoms with E-state index in [0.29, 0.717) is 6.42 Å². The van der Waals surface area contributed by atoms with Crippen LogP contribution in [0.25, 0.3) is 0 Å². The number of carbonyl (C=O) groups is 3. The predicted molar refractivity (Wildman–Crippen MR) is 83.1 cm³/mol. The van der Waals surface area contributed by atoms with Gasteiger partial charge in [0.1, 0.15) is 12.1 Å². The average molecular weight is 320 g/mol. The molecule has 7 heteroatoms. The number of urea groups is 1. The fraction of sp³-hybridized carbons (Fsp3) is 0.750. The second-order valence-corrected chi connectivity index (χ2v) is 6.66. The highest BCUT2D eigenvalue weighted by Crippen LogP contribution is 2.38. The Balaban J connectivity index is 2.09. The van der Waals surface area contributed by atoms with E-state index in [4.69, 9.17) is 5.26 Å². The van der Waals surface area contributed by atoms with Crippen molar-refractivity contribution in [2.45, 2.75) is 57.5 Å². The normalized spacial score (nSPS) is 28.4. The summed E-state index contributed by atoms with van der Waals surface area (Å²) in [6, 6.07) is 1.27. The number of hydrogen-bond donors (Lipinski definition) is 1. The molecule has 23 heavy (non-hydrogen) atoms. The van der Waals surface area contributed by atoms with Gasteiger partial charge < -0.3 is 10.2 Å². The Hall–Kier alpha value is -2.10. The molecule has 126 valence electrons. The number of nitrogens with one attached hydrogen (secondary N) is 1. The maximum Gasteiger partial charge on any atom is 0.325 e. The number of likely N-dealkylation sites (N-methyl/N-ethyl adjacent to an activating group) is 1. The van der Waals surface area contributed by atoms with Crippen LogP contribution < -0.4 is 5.32 Å². The van der Waals surface area contributed by atoms with Gasteiger partial charge in [-0.3, -0.25) is 14.5 Å². The summed E-state index contributed by atoms with van der Waals surface area (Å²) in [5, 5.41) is 11.5. The van der Waals surface area contributed by atoms with Crippen molar-refractivity contribution < 1.29 is 14.4 Å². The molecular weight excluding hydrogens is 296 g/mol. The van der Waals surface area contributed by atoms with Crippen LogP contribution in [-0.4, -0.2) is 52.8 Å². The van der Waals surface area contributed by atoms with Crippen LogP contribution in [0.2, 0.25) is 0 Å². The summed E-state index contributed by atoms with van der Waals surface area (Å²) < 4.78 is 0. The fourth-order valence-electron chi connectivity index (χ4n) is 3.40. The molecule has 1 aliphatic carbocycles. The van der Waals surface area contributed by atoms with Gasteiger partial charge in [0.15, 0.2) is 0 Å². The molecule has 4 amide bonds. The molecule has 1 saturated heterocycles. The highest BCUT2D eigenvalue weighted by Gasteiger charge is 2.55. The third-order valence-corrected chi connectivity index (χ3v) is 5.24. The summed E-state index contributed by atoms with van der Waals surface area (Å²) in [6.07, 6.45) is 3.69. The van der Waals surface area contributed by atoms with E-state index < -0.39 is 11.6 Å². The lowest BCUT2D eigenvalue weighted by Gasteiger charge is -2.36. The van der Waals surface area contributed by atoms with Crippen molar-refractivity contribution in [3.8, 4) is 6.07 Å². The van der Waals surface area contributed by atoms with Gasteiger partial charge in [0.25, 0.3) is 5.91 Å². The van der Waals surface area contributed by atoms with Gasteiger partial charge in [0, 0.05) is 13.1 Å². The van der Waals surface area contributed by atoms with Gasteiger partial charge in [0.05, 0.1) is 12.5 Å². The molecular formula is C16H24N4O3. The molecule has 0 bridgehead atoms. The Kier molecular flexibility index (Phi) is 4.93. The molecule has 3 atom stereocenters. The number of nitriles is 1. The molecule has 2 aliphatic rings. The molecule has 1 N–H and O–H groups in total. The van der Waals surface area contributed by atoms with Crippen LogP contribution in [0.3, 0.4) is 0 Å². The number of amides is 4. The molecule has 1 aliphatic heterocycles. The third-order valence-electron chi connectivity index (χ3n) is 5.24. The number of nitrogens with zero attached hydrogens (tertiary/aromatic N) is 3. The Morgan fingerprint density at radius 2 is 2.22 bits per heavy atom. The average Bonchev–Trinajstić information content (AvgIpc) is 2.75. The van der Waals surface area contributed by atoms with E-state index in [1.165, 1.54) is 4.90 Å². The van der Waals surface area contributed by atoms with E-state index in [1.54, 1.807) is 14.0 Å². The molecule has 0 radical (unpaired) electrons. The van der Waals surface area contributed by atoms with Crippen molar-refractivity contribution in [3.63, 3.8) is 0 Å². The zero-order valence-corrected chi connectivity index (χ0v) is 14.0. The number of rotatable bonds is 4. The lowest BCUT2D eigenvalue weighted by molar-refractivity contribution is -0.140. The molecule has 2 fully saturated rings. The van der Waals surface area contributed by atoms with E-state index in [0.717, 1.165) is 24.2 Å². The molecule has 0 unspecified atom stereocenters. The first-order chi connectivity index (χ1) is 10.8. The zero-order chi connectivity index (χ0) is 17.2. The maximum absolute atomic E-state index is 12.8. The minimum atomic E-state index is -0.841. The predicted octanol–water partition coefficient (Wildman–Crippen LogP) is 1.25. The monoisotopic (exact) mass is 320 g/mol. The first kappa shape index (κ1) is 17.3. The second-order valence-electron chi connectivity index (χ2n) is 6.66. The lowest BCUT2D eigenvalue weighted by Crippen LogP contribution is -2.54. The van der Waals surface area contributed by atoms with Crippen molar-refractivity contribution in [3.05, 3.63) is 0 Å². The first-order valence-electron chi connectivity index (χ1n) is 8.10. The Labute approximate surface area is 136 Å². The Morgan fingerprint density at radius 3 is 2.83 bits per heavy atom. The van der Waals surface area contributed by atoms with Crippen LogP contribution in [0.15, 0.2) is 0 Å². The number of hydrogen-bond acceptors (Lipinski definition) is 4. The van der Waals surface area contributed by atoms with E-state index in [-0.39, 0.29) is 36.7 Å². The van der Waals surface area contributed by atoms with Gasteiger partial charge in [-0.15, -0.1) is 0 Å². The molecule has 1 spiro atoms. The van der Waals surface area contributed by atoms with Gasteiger partial charge in [-0.2, -0.15) is 5.26 Å². The van der Waals surface area contributed by atoms with E-state index in [2.05, 4.69) is 5.32 Å². The van der Waals surface area contributed by atoms with Crippen LogP contribution in [0.4, 0.5) is 4.79 Å².